The lowest BCUT2D eigenvalue weighted by atomic mass is 9.45. The first kappa shape index (κ1) is 30.8. The van der Waals surface area contributed by atoms with E-state index in [1.165, 1.54) is 14.0 Å². The van der Waals surface area contributed by atoms with E-state index in [0.717, 1.165) is 31.3 Å². The number of methoxy groups -OCH3 is 1. The molecule has 5 rings (SSSR count). The fourth-order valence-electron chi connectivity index (χ4n) is 9.82. The Morgan fingerprint density at radius 1 is 1.07 bits per heavy atom. The number of hydrogen-bond donors (Lipinski definition) is 5. The second-order valence-corrected chi connectivity index (χ2v) is 15.3. The molecule has 5 N–H and O–H groups in total. The summed E-state index contributed by atoms with van der Waals surface area (Å²) in [7, 11) is -3.10. The standard InChI is InChI=1S/C29H48O10S/c1-16(22-15-26(3,37-6)28(5,32)24(31)38-22)29(33)12-10-20-19-8-7-17-13-18(39-40(34,35)36)14-23(30)27(17,4)21(19)9-11-25(20,29)2/h7,16,18-24,30-33H,8-15H2,1-6H3,(H,34,35,36)/t16-,18-,19+,20+,21+,22-,23+,24+,25+,26-,27+,28-,29+/m1/s1. The minimum Gasteiger partial charge on any atom is -0.392 e. The molecule has 3 saturated carbocycles. The van der Waals surface area contributed by atoms with Gasteiger partial charge in [-0.15, -0.1) is 0 Å². The molecule has 0 amide bonds. The fourth-order valence-corrected chi connectivity index (χ4v) is 10.3. The van der Waals surface area contributed by atoms with Gasteiger partial charge in [0.1, 0.15) is 11.2 Å². The van der Waals surface area contributed by atoms with E-state index in [9.17, 15) is 33.4 Å². The van der Waals surface area contributed by atoms with E-state index in [2.05, 4.69) is 19.9 Å². The highest BCUT2D eigenvalue weighted by Crippen LogP contribution is 2.69. The molecule has 1 saturated heterocycles. The number of rotatable bonds is 5. The summed E-state index contributed by atoms with van der Waals surface area (Å²) >= 11 is 0. The van der Waals surface area contributed by atoms with Crippen molar-refractivity contribution in [3.8, 4) is 0 Å². The van der Waals surface area contributed by atoms with Gasteiger partial charge in [0, 0.05) is 31.3 Å². The number of aliphatic hydroxyl groups is 4. The van der Waals surface area contributed by atoms with Crippen LogP contribution in [0.1, 0.15) is 86.0 Å². The Kier molecular flexibility index (Phi) is 7.46. The third-order valence-electron chi connectivity index (χ3n) is 12.8. The molecule has 0 aromatic heterocycles. The molecular formula is C29H48O10S. The molecule has 0 radical (unpaired) electrons. The Morgan fingerprint density at radius 3 is 2.35 bits per heavy atom. The molecule has 10 nitrogen and oxygen atoms in total. The summed E-state index contributed by atoms with van der Waals surface area (Å²) < 4.78 is 48.4. The third kappa shape index (κ3) is 4.29. The van der Waals surface area contributed by atoms with E-state index in [1.54, 1.807) is 6.92 Å². The number of fused-ring (bicyclic) bond motifs is 5. The predicted octanol–water partition coefficient (Wildman–Crippen LogP) is 2.74. The SMILES string of the molecule is CO[C@]1(C)C[C@H]([C@@H](C)[C@@]2(O)CC[C@H]3[C@@H]4CC=C5C[C@@H](OS(=O)(=O)O)C[C@H](O)[C@]5(C)[C@H]4CC[C@@]32C)O[C@H](O)[C@@]1(C)O. The molecule has 40 heavy (non-hydrogen) atoms. The second kappa shape index (κ2) is 9.69. The molecule has 5 aliphatic rings. The molecule has 1 heterocycles. The van der Waals surface area contributed by atoms with Crippen LogP contribution in [-0.4, -0.2) is 81.9 Å². The van der Waals surface area contributed by atoms with Crippen LogP contribution in [0.5, 0.6) is 0 Å². The van der Waals surface area contributed by atoms with Gasteiger partial charge in [0.2, 0.25) is 0 Å². The van der Waals surface area contributed by atoms with Gasteiger partial charge in [-0.05, 0) is 75.5 Å². The summed E-state index contributed by atoms with van der Waals surface area (Å²) in [6.07, 6.45) is 3.11. The molecule has 0 bridgehead atoms. The van der Waals surface area contributed by atoms with Crippen molar-refractivity contribution in [1.29, 1.82) is 0 Å². The highest BCUT2D eigenvalue weighted by Gasteiger charge is 2.68. The minimum absolute atomic E-state index is 0.128. The van der Waals surface area contributed by atoms with E-state index in [-0.39, 0.29) is 30.1 Å². The summed E-state index contributed by atoms with van der Waals surface area (Å²) in [5.74, 6) is 0.288. The highest BCUT2D eigenvalue weighted by molar-refractivity contribution is 7.80. The van der Waals surface area contributed by atoms with Crippen LogP contribution in [0.4, 0.5) is 0 Å². The van der Waals surface area contributed by atoms with Gasteiger partial charge in [-0.25, -0.2) is 4.18 Å². The maximum Gasteiger partial charge on any atom is 0.397 e. The van der Waals surface area contributed by atoms with E-state index >= 15 is 0 Å². The smallest absolute Gasteiger partial charge is 0.392 e. The minimum atomic E-state index is -4.61. The van der Waals surface area contributed by atoms with Gasteiger partial charge in [0.15, 0.2) is 6.29 Å². The molecular weight excluding hydrogens is 540 g/mol. The summed E-state index contributed by atoms with van der Waals surface area (Å²) in [6, 6.07) is 0. The van der Waals surface area contributed by atoms with Gasteiger partial charge in [0.25, 0.3) is 0 Å². The average molecular weight is 589 g/mol. The predicted molar refractivity (Wildman–Crippen MR) is 145 cm³/mol. The van der Waals surface area contributed by atoms with Crippen molar-refractivity contribution < 1.29 is 47.1 Å². The van der Waals surface area contributed by atoms with Crippen LogP contribution in [-0.2, 0) is 24.1 Å². The maximum atomic E-state index is 12.5. The molecule has 4 aliphatic carbocycles. The van der Waals surface area contributed by atoms with Gasteiger partial charge in [-0.3, -0.25) is 4.55 Å². The van der Waals surface area contributed by atoms with E-state index in [0.29, 0.717) is 19.3 Å². The number of hydrogen-bond acceptors (Lipinski definition) is 9. The molecule has 0 spiro atoms. The van der Waals surface area contributed by atoms with E-state index in [4.69, 9.17) is 13.7 Å². The van der Waals surface area contributed by atoms with E-state index in [1.807, 2.05) is 6.92 Å². The van der Waals surface area contributed by atoms with Gasteiger partial charge in [-0.2, -0.15) is 8.42 Å². The molecule has 0 aromatic carbocycles. The van der Waals surface area contributed by atoms with Crippen LogP contribution in [0.15, 0.2) is 11.6 Å². The topological polar surface area (TPSA) is 163 Å². The van der Waals surface area contributed by atoms with Crippen molar-refractivity contribution in [3.05, 3.63) is 11.6 Å². The Bertz CT molecular complexity index is 1140. The van der Waals surface area contributed by atoms with Crippen LogP contribution in [0.3, 0.4) is 0 Å². The summed E-state index contributed by atoms with van der Waals surface area (Å²) in [6.45, 7) is 9.50. The van der Waals surface area contributed by atoms with Gasteiger partial charge in [-0.1, -0.05) is 32.4 Å². The quantitative estimate of drug-likeness (QED) is 0.238. The van der Waals surface area contributed by atoms with Crippen LogP contribution >= 0.6 is 0 Å². The summed E-state index contributed by atoms with van der Waals surface area (Å²) in [5, 5.41) is 45.5. The Labute approximate surface area is 238 Å². The van der Waals surface area contributed by atoms with Crippen molar-refractivity contribution in [3.63, 3.8) is 0 Å². The summed E-state index contributed by atoms with van der Waals surface area (Å²) in [4.78, 5) is 0. The third-order valence-corrected chi connectivity index (χ3v) is 13.4. The first-order chi connectivity index (χ1) is 18.3. The van der Waals surface area contributed by atoms with Gasteiger partial charge >= 0.3 is 10.4 Å². The number of allylic oxidation sites excluding steroid dienone is 1. The lowest BCUT2D eigenvalue weighted by molar-refractivity contribution is -0.338. The number of ether oxygens (including phenoxy) is 2. The molecule has 1 aliphatic heterocycles. The monoisotopic (exact) mass is 588 g/mol. The zero-order chi connectivity index (χ0) is 29.7. The van der Waals surface area contributed by atoms with Gasteiger partial charge < -0.3 is 29.9 Å². The molecule has 11 heteroatoms. The number of aliphatic hydroxyl groups excluding tert-OH is 2. The second-order valence-electron chi connectivity index (χ2n) is 14.2. The normalized spacial score (nSPS) is 53.7. The maximum absolute atomic E-state index is 12.5. The van der Waals surface area contributed by atoms with E-state index < -0.39 is 62.6 Å². The van der Waals surface area contributed by atoms with Crippen LogP contribution in [0.25, 0.3) is 0 Å². The van der Waals surface area contributed by atoms with Crippen LogP contribution < -0.4 is 0 Å². The first-order valence-corrected chi connectivity index (χ1v) is 16.1. The zero-order valence-electron chi connectivity index (χ0n) is 24.5. The molecule has 0 aromatic rings. The van der Waals surface area contributed by atoms with Gasteiger partial charge in [0.05, 0.1) is 23.9 Å². The summed E-state index contributed by atoms with van der Waals surface area (Å²) in [5.41, 5.74) is -3.67. The fraction of sp³-hybridized carbons (Fsp3) is 0.931. The molecule has 230 valence electrons. The van der Waals surface area contributed by atoms with Crippen LogP contribution in [0.2, 0.25) is 0 Å². The Balaban J connectivity index is 1.40. The lowest BCUT2D eigenvalue weighted by Gasteiger charge is -2.61. The largest absolute Gasteiger partial charge is 0.397 e. The average Bonchev–Trinajstić information content (AvgIpc) is 3.13. The lowest BCUT2D eigenvalue weighted by Crippen LogP contribution is -2.67. The molecule has 0 unspecified atom stereocenters. The zero-order valence-corrected chi connectivity index (χ0v) is 25.4. The molecule has 4 fully saturated rings. The van der Waals surface area contributed by atoms with Crippen LogP contribution in [0, 0.1) is 34.5 Å². The highest BCUT2D eigenvalue weighted by atomic mass is 32.3. The van der Waals surface area contributed by atoms with Crippen molar-refractivity contribution >= 4 is 10.4 Å². The Hall–Kier alpha value is -0.630. The van der Waals surface area contributed by atoms with Crippen molar-refractivity contribution in [2.45, 2.75) is 127 Å². The first-order valence-electron chi connectivity index (χ1n) is 14.7. The van der Waals surface area contributed by atoms with Crippen molar-refractivity contribution in [2.75, 3.05) is 7.11 Å². The molecule has 13 atom stereocenters. The Morgan fingerprint density at radius 2 is 1.73 bits per heavy atom. The van der Waals surface area contributed by atoms with Crippen molar-refractivity contribution in [2.24, 2.45) is 34.5 Å². The van der Waals surface area contributed by atoms with Crippen molar-refractivity contribution in [1.82, 2.24) is 0 Å².